The Hall–Kier alpha value is -2.07. The molecule has 0 saturated carbocycles. The third-order valence-corrected chi connectivity index (χ3v) is 2.66. The molecule has 92 valence electrons. The average Bonchev–Trinajstić information content (AvgIpc) is 2.35. The first kappa shape index (κ1) is 12.4. The van der Waals surface area contributed by atoms with Gasteiger partial charge in [-0.2, -0.15) is 0 Å². The van der Waals surface area contributed by atoms with E-state index in [4.69, 9.17) is 11.6 Å². The van der Waals surface area contributed by atoms with Crippen molar-refractivity contribution in [2.24, 2.45) is 0 Å². The molecule has 1 aromatic carbocycles. The van der Waals surface area contributed by atoms with Crippen LogP contribution in [0.4, 0.5) is 5.69 Å². The van der Waals surface area contributed by atoms with Gasteiger partial charge >= 0.3 is 0 Å². The van der Waals surface area contributed by atoms with Crippen LogP contribution in [0.25, 0.3) is 0 Å². The van der Waals surface area contributed by atoms with Gasteiger partial charge < -0.3 is 9.88 Å². The van der Waals surface area contributed by atoms with E-state index < -0.39 is 0 Å². The van der Waals surface area contributed by atoms with Gasteiger partial charge in [0.25, 0.3) is 0 Å². The van der Waals surface area contributed by atoms with Crippen molar-refractivity contribution in [2.75, 3.05) is 5.32 Å². The van der Waals surface area contributed by atoms with Crippen LogP contribution in [0.1, 0.15) is 0 Å². The minimum Gasteiger partial charge on any atom is -0.345 e. The molecule has 0 unspecified atom stereocenters. The van der Waals surface area contributed by atoms with Crippen LogP contribution in [0, 0.1) is 0 Å². The summed E-state index contributed by atoms with van der Waals surface area (Å²) in [5.74, 6) is -0.202. The Morgan fingerprint density at radius 2 is 1.83 bits per heavy atom. The summed E-state index contributed by atoms with van der Waals surface area (Å²) in [5.41, 5.74) is 0.489. The summed E-state index contributed by atoms with van der Waals surface area (Å²) in [5, 5.41) is 3.19. The molecule has 5 heteroatoms. The predicted molar refractivity (Wildman–Crippen MR) is 70.8 cm³/mol. The molecular formula is C13H11ClN2O2. The largest absolute Gasteiger partial charge is 0.345 e. The molecule has 0 saturated heterocycles. The number of para-hydroxylation sites is 1. The standard InChI is InChI=1S/C13H11ClN2O2/c14-11-3-1-2-4-12(11)15-13(18)9-16-7-5-10(17)6-8-16/h1-8H,9H2,(H,15,18). The Morgan fingerprint density at radius 3 is 2.50 bits per heavy atom. The fraction of sp³-hybridized carbons (Fsp3) is 0.0769. The molecule has 0 spiro atoms. The van der Waals surface area contributed by atoms with Crippen LogP contribution in [-0.2, 0) is 11.3 Å². The molecule has 1 heterocycles. The Kier molecular flexibility index (Phi) is 3.79. The maximum absolute atomic E-state index is 11.8. The zero-order valence-electron chi connectivity index (χ0n) is 9.47. The number of nitrogens with one attached hydrogen (secondary N) is 1. The number of halogens is 1. The van der Waals surface area contributed by atoms with Crippen LogP contribution in [-0.4, -0.2) is 10.5 Å². The predicted octanol–water partition coefficient (Wildman–Crippen LogP) is 2.14. The maximum Gasteiger partial charge on any atom is 0.244 e. The number of hydrogen-bond acceptors (Lipinski definition) is 2. The number of amides is 1. The first-order valence-electron chi connectivity index (χ1n) is 5.35. The van der Waals surface area contributed by atoms with E-state index in [1.54, 1.807) is 41.2 Å². The van der Waals surface area contributed by atoms with E-state index >= 15 is 0 Å². The van der Waals surface area contributed by atoms with E-state index in [1.165, 1.54) is 12.1 Å². The fourth-order valence-corrected chi connectivity index (χ4v) is 1.65. The molecule has 0 atom stereocenters. The van der Waals surface area contributed by atoms with Gasteiger partial charge in [-0.05, 0) is 12.1 Å². The van der Waals surface area contributed by atoms with Crippen LogP contribution >= 0.6 is 11.6 Å². The van der Waals surface area contributed by atoms with Gasteiger partial charge in [0, 0.05) is 24.5 Å². The lowest BCUT2D eigenvalue weighted by Crippen LogP contribution is -2.19. The summed E-state index contributed by atoms with van der Waals surface area (Å²) >= 11 is 5.93. The molecule has 0 aliphatic heterocycles. The van der Waals surface area contributed by atoms with Crippen molar-refractivity contribution in [3.63, 3.8) is 0 Å². The van der Waals surface area contributed by atoms with Gasteiger partial charge in [-0.3, -0.25) is 9.59 Å². The zero-order valence-corrected chi connectivity index (χ0v) is 10.2. The number of nitrogens with zero attached hydrogens (tertiary/aromatic N) is 1. The number of rotatable bonds is 3. The van der Waals surface area contributed by atoms with E-state index in [0.29, 0.717) is 10.7 Å². The third kappa shape index (κ3) is 3.21. The number of benzene rings is 1. The van der Waals surface area contributed by atoms with Crippen molar-refractivity contribution in [1.29, 1.82) is 0 Å². The van der Waals surface area contributed by atoms with Crippen molar-refractivity contribution in [2.45, 2.75) is 6.54 Å². The second-order valence-corrected chi connectivity index (χ2v) is 4.14. The number of carbonyl (C=O) groups is 1. The Morgan fingerprint density at radius 1 is 1.17 bits per heavy atom. The molecule has 4 nitrogen and oxygen atoms in total. The van der Waals surface area contributed by atoms with Gasteiger partial charge in [0.15, 0.2) is 5.43 Å². The number of pyridine rings is 1. The monoisotopic (exact) mass is 262 g/mol. The highest BCUT2D eigenvalue weighted by atomic mass is 35.5. The number of hydrogen-bond donors (Lipinski definition) is 1. The first-order chi connectivity index (χ1) is 8.65. The average molecular weight is 263 g/mol. The summed E-state index contributed by atoms with van der Waals surface area (Å²) in [4.78, 5) is 22.7. The van der Waals surface area contributed by atoms with Gasteiger partial charge in [-0.25, -0.2) is 0 Å². The van der Waals surface area contributed by atoms with Crippen molar-refractivity contribution >= 4 is 23.2 Å². The SMILES string of the molecule is O=C(Cn1ccc(=O)cc1)Nc1ccccc1Cl. The highest BCUT2D eigenvalue weighted by Crippen LogP contribution is 2.20. The topological polar surface area (TPSA) is 51.1 Å². The molecule has 1 aromatic heterocycles. The molecule has 0 bridgehead atoms. The summed E-state index contributed by atoms with van der Waals surface area (Å²) in [7, 11) is 0. The quantitative estimate of drug-likeness (QED) is 0.921. The first-order valence-corrected chi connectivity index (χ1v) is 5.73. The van der Waals surface area contributed by atoms with Crippen LogP contribution in [0.2, 0.25) is 5.02 Å². The zero-order chi connectivity index (χ0) is 13.0. The Labute approximate surface area is 109 Å². The third-order valence-electron chi connectivity index (χ3n) is 2.33. The van der Waals surface area contributed by atoms with Gasteiger partial charge in [0.1, 0.15) is 6.54 Å². The smallest absolute Gasteiger partial charge is 0.244 e. The summed E-state index contributed by atoms with van der Waals surface area (Å²) in [6, 6.07) is 9.83. The number of carbonyl (C=O) groups excluding carboxylic acids is 1. The number of anilines is 1. The molecule has 2 rings (SSSR count). The summed E-state index contributed by atoms with van der Waals surface area (Å²) in [6.07, 6.45) is 3.13. The lowest BCUT2D eigenvalue weighted by atomic mass is 10.3. The maximum atomic E-state index is 11.8. The Bertz CT molecular complexity index is 602. The lowest BCUT2D eigenvalue weighted by Gasteiger charge is -2.08. The molecule has 0 aliphatic carbocycles. The second-order valence-electron chi connectivity index (χ2n) is 3.73. The summed E-state index contributed by atoms with van der Waals surface area (Å²) < 4.78 is 1.62. The van der Waals surface area contributed by atoms with Crippen molar-refractivity contribution in [3.8, 4) is 0 Å². The van der Waals surface area contributed by atoms with Gasteiger partial charge in [-0.15, -0.1) is 0 Å². The number of aromatic nitrogens is 1. The van der Waals surface area contributed by atoms with Gasteiger partial charge in [-0.1, -0.05) is 23.7 Å². The molecule has 0 fully saturated rings. The summed E-state index contributed by atoms with van der Waals surface area (Å²) in [6.45, 7) is 0.130. The van der Waals surface area contributed by atoms with Gasteiger partial charge in [0.05, 0.1) is 10.7 Å². The van der Waals surface area contributed by atoms with Crippen molar-refractivity contribution in [1.82, 2.24) is 4.57 Å². The minimum atomic E-state index is -0.202. The van der Waals surface area contributed by atoms with E-state index in [9.17, 15) is 9.59 Å². The highest BCUT2D eigenvalue weighted by molar-refractivity contribution is 6.33. The minimum absolute atomic E-state index is 0.0854. The van der Waals surface area contributed by atoms with Crippen molar-refractivity contribution in [3.05, 3.63) is 64.0 Å². The molecule has 1 N–H and O–H groups in total. The molecule has 0 aliphatic rings. The normalized spacial score (nSPS) is 10.1. The highest BCUT2D eigenvalue weighted by Gasteiger charge is 2.05. The fourth-order valence-electron chi connectivity index (χ4n) is 1.47. The van der Waals surface area contributed by atoms with E-state index in [0.717, 1.165) is 0 Å². The molecule has 0 radical (unpaired) electrons. The lowest BCUT2D eigenvalue weighted by molar-refractivity contribution is -0.116. The molecule has 18 heavy (non-hydrogen) atoms. The van der Waals surface area contributed by atoms with Gasteiger partial charge in [0.2, 0.25) is 5.91 Å². The van der Waals surface area contributed by atoms with Crippen LogP contribution in [0.3, 0.4) is 0 Å². The van der Waals surface area contributed by atoms with E-state index in [1.807, 2.05) is 0 Å². The van der Waals surface area contributed by atoms with Crippen molar-refractivity contribution < 1.29 is 4.79 Å². The van der Waals surface area contributed by atoms with E-state index in [-0.39, 0.29) is 17.9 Å². The molecular weight excluding hydrogens is 252 g/mol. The van der Waals surface area contributed by atoms with Crippen LogP contribution in [0.5, 0.6) is 0 Å². The Balaban J connectivity index is 2.03. The van der Waals surface area contributed by atoms with Crippen LogP contribution < -0.4 is 10.7 Å². The van der Waals surface area contributed by atoms with E-state index in [2.05, 4.69) is 5.32 Å². The molecule has 2 aromatic rings. The van der Waals surface area contributed by atoms with Crippen LogP contribution in [0.15, 0.2) is 53.6 Å². The second kappa shape index (κ2) is 5.51. The molecule has 1 amide bonds.